The van der Waals surface area contributed by atoms with Crippen molar-refractivity contribution in [3.8, 4) is 5.75 Å². The van der Waals surface area contributed by atoms with Crippen LogP contribution in [0.25, 0.3) is 0 Å². The van der Waals surface area contributed by atoms with Gasteiger partial charge >= 0.3 is 0 Å². The maximum Gasteiger partial charge on any atom is 0.123 e. The molecule has 0 bridgehead atoms. The molecule has 1 rings (SSSR count). The Bertz CT molecular complexity index is 406. The van der Waals surface area contributed by atoms with Gasteiger partial charge in [-0.3, -0.25) is 0 Å². The summed E-state index contributed by atoms with van der Waals surface area (Å²) in [5.41, 5.74) is 2.80. The van der Waals surface area contributed by atoms with Gasteiger partial charge in [0, 0.05) is 6.54 Å². The van der Waals surface area contributed by atoms with E-state index in [0.717, 1.165) is 31.7 Å². The summed E-state index contributed by atoms with van der Waals surface area (Å²) in [6, 6.07) is 6.63. The van der Waals surface area contributed by atoms with Gasteiger partial charge in [-0.05, 0) is 42.0 Å². The molecule has 1 atom stereocenters. The van der Waals surface area contributed by atoms with Crippen molar-refractivity contribution in [1.29, 1.82) is 0 Å². The van der Waals surface area contributed by atoms with E-state index in [4.69, 9.17) is 4.74 Å². The van der Waals surface area contributed by atoms with Crippen LogP contribution in [-0.2, 0) is 11.8 Å². The van der Waals surface area contributed by atoms with Crippen molar-refractivity contribution in [1.82, 2.24) is 5.32 Å². The molecule has 0 heterocycles. The Morgan fingerprint density at radius 1 is 1.15 bits per heavy atom. The van der Waals surface area contributed by atoms with Crippen LogP contribution in [-0.4, -0.2) is 19.2 Å². The van der Waals surface area contributed by atoms with E-state index in [2.05, 4.69) is 65.1 Å². The Labute approximate surface area is 124 Å². The zero-order valence-corrected chi connectivity index (χ0v) is 14.0. The number of likely N-dealkylation sites (N-methyl/N-ethyl adjacent to an activating group) is 1. The van der Waals surface area contributed by atoms with Crippen LogP contribution in [0, 0.1) is 0 Å². The van der Waals surface area contributed by atoms with E-state index >= 15 is 0 Å². The average molecular weight is 277 g/mol. The molecular formula is C18H31NO. The highest BCUT2D eigenvalue weighted by atomic mass is 16.5. The maximum atomic E-state index is 6.26. The number of aryl methyl sites for hydroxylation is 1. The second-order valence-electron chi connectivity index (χ2n) is 6.39. The Morgan fingerprint density at radius 2 is 1.85 bits per heavy atom. The summed E-state index contributed by atoms with van der Waals surface area (Å²) in [5.74, 6) is 1.04. The number of hydrogen-bond acceptors (Lipinski definition) is 2. The van der Waals surface area contributed by atoms with E-state index in [-0.39, 0.29) is 11.5 Å². The number of hydrogen-bond donors (Lipinski definition) is 1. The fourth-order valence-electron chi connectivity index (χ4n) is 2.24. The first kappa shape index (κ1) is 17.0. The zero-order chi connectivity index (χ0) is 15.2. The van der Waals surface area contributed by atoms with Crippen LogP contribution < -0.4 is 10.1 Å². The number of rotatable bonds is 7. The molecule has 0 saturated heterocycles. The zero-order valence-electron chi connectivity index (χ0n) is 14.0. The van der Waals surface area contributed by atoms with Crippen LogP contribution in [0.2, 0.25) is 0 Å². The minimum atomic E-state index is 0.108. The summed E-state index contributed by atoms with van der Waals surface area (Å²) in [6.07, 6.45) is 2.33. The van der Waals surface area contributed by atoms with Crippen LogP contribution >= 0.6 is 0 Å². The first-order valence-electron chi connectivity index (χ1n) is 7.93. The van der Waals surface area contributed by atoms with Gasteiger partial charge in [-0.15, -0.1) is 0 Å². The Kier molecular flexibility index (Phi) is 6.54. The predicted octanol–water partition coefficient (Wildman–Crippen LogP) is 4.31. The quantitative estimate of drug-likeness (QED) is 0.801. The Hall–Kier alpha value is -1.02. The van der Waals surface area contributed by atoms with E-state index in [9.17, 15) is 0 Å². The van der Waals surface area contributed by atoms with E-state index in [1.165, 1.54) is 11.1 Å². The van der Waals surface area contributed by atoms with Crippen LogP contribution in [0.15, 0.2) is 18.2 Å². The maximum absolute atomic E-state index is 6.26. The number of ether oxygens (including phenoxy) is 1. The molecule has 0 aliphatic heterocycles. The third-order valence-electron chi connectivity index (χ3n) is 3.63. The lowest BCUT2D eigenvalue weighted by Crippen LogP contribution is -2.31. The third kappa shape index (κ3) is 4.82. The van der Waals surface area contributed by atoms with Gasteiger partial charge in [0.15, 0.2) is 0 Å². The highest BCUT2D eigenvalue weighted by molar-refractivity contribution is 5.41. The second kappa shape index (κ2) is 7.68. The molecule has 0 fully saturated rings. The van der Waals surface area contributed by atoms with Gasteiger partial charge < -0.3 is 10.1 Å². The second-order valence-corrected chi connectivity index (χ2v) is 6.39. The monoisotopic (exact) mass is 277 g/mol. The smallest absolute Gasteiger partial charge is 0.123 e. The minimum absolute atomic E-state index is 0.108. The molecule has 2 nitrogen and oxygen atoms in total. The molecule has 1 unspecified atom stereocenters. The van der Waals surface area contributed by atoms with Gasteiger partial charge in [-0.1, -0.05) is 53.7 Å². The standard InChI is InChI=1S/C18H31NO/c1-7-14-10-11-17(16(12-14)18(4,5)6)20-15(8-2)13-19-9-3/h10-12,15,19H,7-9,13H2,1-6H3. The normalized spacial score (nSPS) is 13.3. The summed E-state index contributed by atoms with van der Waals surface area (Å²) in [5, 5.41) is 3.38. The van der Waals surface area contributed by atoms with Gasteiger partial charge in [-0.25, -0.2) is 0 Å². The molecule has 0 radical (unpaired) electrons. The molecular weight excluding hydrogens is 246 g/mol. The van der Waals surface area contributed by atoms with E-state index < -0.39 is 0 Å². The van der Waals surface area contributed by atoms with Gasteiger partial charge in [0.25, 0.3) is 0 Å². The largest absolute Gasteiger partial charge is 0.489 e. The molecule has 0 aromatic heterocycles. The third-order valence-corrected chi connectivity index (χ3v) is 3.63. The molecule has 0 aliphatic rings. The van der Waals surface area contributed by atoms with Crippen LogP contribution in [0.3, 0.4) is 0 Å². The number of benzene rings is 1. The molecule has 1 N–H and O–H groups in total. The molecule has 0 amide bonds. The fourth-order valence-corrected chi connectivity index (χ4v) is 2.24. The van der Waals surface area contributed by atoms with E-state index in [0.29, 0.717) is 0 Å². The van der Waals surface area contributed by atoms with Gasteiger partial charge in [0.2, 0.25) is 0 Å². The van der Waals surface area contributed by atoms with Crippen molar-refractivity contribution in [2.24, 2.45) is 0 Å². The molecule has 0 spiro atoms. The topological polar surface area (TPSA) is 21.3 Å². The molecule has 20 heavy (non-hydrogen) atoms. The van der Waals surface area contributed by atoms with Crippen molar-refractivity contribution in [3.05, 3.63) is 29.3 Å². The van der Waals surface area contributed by atoms with Crippen molar-refractivity contribution in [3.63, 3.8) is 0 Å². The van der Waals surface area contributed by atoms with Gasteiger partial charge in [0.1, 0.15) is 11.9 Å². The molecule has 1 aromatic rings. The van der Waals surface area contributed by atoms with Gasteiger partial charge in [0.05, 0.1) is 0 Å². The summed E-state index contributed by atoms with van der Waals surface area (Å²) in [6.45, 7) is 15.2. The lowest BCUT2D eigenvalue weighted by Gasteiger charge is -2.26. The van der Waals surface area contributed by atoms with Crippen LogP contribution in [0.5, 0.6) is 5.75 Å². The SMILES string of the molecule is CCNCC(CC)Oc1ccc(CC)cc1C(C)(C)C. The van der Waals surface area contributed by atoms with Crippen LogP contribution in [0.1, 0.15) is 59.1 Å². The van der Waals surface area contributed by atoms with Crippen molar-refractivity contribution in [2.45, 2.75) is 65.9 Å². The number of nitrogens with one attached hydrogen (secondary N) is 1. The van der Waals surface area contributed by atoms with Crippen molar-refractivity contribution < 1.29 is 4.74 Å². The van der Waals surface area contributed by atoms with Gasteiger partial charge in [-0.2, -0.15) is 0 Å². The minimum Gasteiger partial charge on any atom is -0.489 e. The summed E-state index contributed by atoms with van der Waals surface area (Å²) in [7, 11) is 0. The Morgan fingerprint density at radius 3 is 2.35 bits per heavy atom. The predicted molar refractivity (Wildman–Crippen MR) is 87.8 cm³/mol. The highest BCUT2D eigenvalue weighted by Gasteiger charge is 2.21. The first-order chi connectivity index (χ1) is 9.42. The van der Waals surface area contributed by atoms with E-state index in [1.807, 2.05) is 0 Å². The first-order valence-corrected chi connectivity index (χ1v) is 7.93. The summed E-state index contributed by atoms with van der Waals surface area (Å²) < 4.78 is 6.26. The summed E-state index contributed by atoms with van der Waals surface area (Å²) >= 11 is 0. The Balaban J connectivity index is 2.98. The highest BCUT2D eigenvalue weighted by Crippen LogP contribution is 2.33. The molecule has 114 valence electrons. The molecule has 1 aromatic carbocycles. The average Bonchev–Trinajstić information content (AvgIpc) is 2.42. The summed E-state index contributed by atoms with van der Waals surface area (Å²) in [4.78, 5) is 0. The molecule has 0 aliphatic carbocycles. The lowest BCUT2D eigenvalue weighted by molar-refractivity contribution is 0.190. The molecule has 2 heteroatoms. The fraction of sp³-hybridized carbons (Fsp3) is 0.667. The van der Waals surface area contributed by atoms with Crippen molar-refractivity contribution in [2.75, 3.05) is 13.1 Å². The van der Waals surface area contributed by atoms with Crippen molar-refractivity contribution >= 4 is 0 Å². The van der Waals surface area contributed by atoms with E-state index in [1.54, 1.807) is 0 Å². The molecule has 0 saturated carbocycles. The lowest BCUT2D eigenvalue weighted by atomic mass is 9.85. The van der Waals surface area contributed by atoms with Crippen LogP contribution in [0.4, 0.5) is 0 Å².